The smallest absolute Gasteiger partial charge is 0.137 e. The molecule has 100 valence electrons. The number of halogens is 4. The SMILES string of the molecule is COc1ccc(C(Cl)c2cc(Cl)ccc2Cl)cc1Cl. The molecule has 1 unspecified atom stereocenters. The molecule has 0 aliphatic carbocycles. The van der Waals surface area contributed by atoms with Gasteiger partial charge in [0, 0.05) is 10.0 Å². The van der Waals surface area contributed by atoms with Crippen LogP contribution in [0.25, 0.3) is 0 Å². The molecule has 2 rings (SSSR count). The van der Waals surface area contributed by atoms with Crippen molar-refractivity contribution >= 4 is 46.4 Å². The van der Waals surface area contributed by atoms with E-state index in [1.165, 1.54) is 0 Å². The van der Waals surface area contributed by atoms with Crippen LogP contribution in [-0.4, -0.2) is 7.11 Å². The molecule has 1 atom stereocenters. The Morgan fingerprint density at radius 2 is 1.68 bits per heavy atom. The van der Waals surface area contributed by atoms with Gasteiger partial charge >= 0.3 is 0 Å². The van der Waals surface area contributed by atoms with Crippen LogP contribution in [0.5, 0.6) is 5.75 Å². The highest BCUT2D eigenvalue weighted by Gasteiger charge is 2.16. The second-order valence-electron chi connectivity index (χ2n) is 3.92. The van der Waals surface area contributed by atoms with E-state index in [0.717, 1.165) is 11.1 Å². The molecule has 2 aromatic carbocycles. The van der Waals surface area contributed by atoms with Crippen molar-refractivity contribution in [3.8, 4) is 5.75 Å². The van der Waals surface area contributed by atoms with Crippen LogP contribution in [-0.2, 0) is 0 Å². The summed E-state index contributed by atoms with van der Waals surface area (Å²) in [6.45, 7) is 0. The van der Waals surface area contributed by atoms with Crippen molar-refractivity contribution in [1.29, 1.82) is 0 Å². The van der Waals surface area contributed by atoms with E-state index in [2.05, 4.69) is 0 Å². The van der Waals surface area contributed by atoms with E-state index >= 15 is 0 Å². The molecule has 0 fully saturated rings. The normalized spacial score (nSPS) is 12.3. The number of rotatable bonds is 3. The molecule has 0 amide bonds. The van der Waals surface area contributed by atoms with Crippen molar-refractivity contribution in [2.24, 2.45) is 0 Å². The van der Waals surface area contributed by atoms with E-state index in [1.54, 1.807) is 37.4 Å². The van der Waals surface area contributed by atoms with Crippen molar-refractivity contribution in [2.75, 3.05) is 7.11 Å². The van der Waals surface area contributed by atoms with E-state index in [4.69, 9.17) is 51.1 Å². The summed E-state index contributed by atoms with van der Waals surface area (Å²) in [5.74, 6) is 0.603. The Hall–Kier alpha value is -0.600. The van der Waals surface area contributed by atoms with E-state index < -0.39 is 5.38 Å². The lowest BCUT2D eigenvalue weighted by atomic mass is 10.0. The number of hydrogen-bond donors (Lipinski definition) is 0. The van der Waals surface area contributed by atoms with Gasteiger partial charge in [0.2, 0.25) is 0 Å². The fourth-order valence-electron chi connectivity index (χ4n) is 1.73. The standard InChI is InChI=1S/C14H10Cl4O/c1-19-13-5-2-8(6-12(13)17)14(18)10-7-9(15)3-4-11(10)16/h2-7,14H,1H3. The number of ether oxygens (including phenoxy) is 1. The van der Waals surface area contributed by atoms with Crippen molar-refractivity contribution in [2.45, 2.75) is 5.38 Å². The zero-order valence-electron chi connectivity index (χ0n) is 9.96. The fourth-order valence-corrected chi connectivity index (χ4v) is 2.77. The molecule has 0 heterocycles. The van der Waals surface area contributed by atoms with Gasteiger partial charge in [0.05, 0.1) is 17.5 Å². The molecule has 0 aromatic heterocycles. The number of hydrogen-bond acceptors (Lipinski definition) is 1. The molecule has 0 aliphatic heterocycles. The van der Waals surface area contributed by atoms with Crippen LogP contribution in [0.3, 0.4) is 0 Å². The molecular weight excluding hydrogens is 326 g/mol. The molecule has 1 nitrogen and oxygen atoms in total. The largest absolute Gasteiger partial charge is 0.495 e. The molecule has 0 saturated heterocycles. The molecule has 0 spiro atoms. The summed E-state index contributed by atoms with van der Waals surface area (Å²) >= 11 is 24.6. The third-order valence-electron chi connectivity index (χ3n) is 2.70. The highest BCUT2D eigenvalue weighted by atomic mass is 35.5. The van der Waals surface area contributed by atoms with Crippen LogP contribution in [0.15, 0.2) is 36.4 Å². The summed E-state index contributed by atoms with van der Waals surface area (Å²) in [5.41, 5.74) is 1.58. The second kappa shape index (κ2) is 6.23. The predicted octanol–water partition coefficient (Wildman–Crippen LogP) is 5.98. The van der Waals surface area contributed by atoms with Gasteiger partial charge < -0.3 is 4.74 Å². The molecule has 0 radical (unpaired) electrons. The number of benzene rings is 2. The summed E-state index contributed by atoms with van der Waals surface area (Å²) in [7, 11) is 1.56. The summed E-state index contributed by atoms with van der Waals surface area (Å²) < 4.78 is 5.11. The first kappa shape index (κ1) is 14.8. The quantitative estimate of drug-likeness (QED) is 0.626. The van der Waals surface area contributed by atoms with Crippen LogP contribution in [0.1, 0.15) is 16.5 Å². The molecule has 2 aromatic rings. The Bertz CT molecular complexity index is 598. The molecule has 0 aliphatic rings. The number of alkyl halides is 1. The van der Waals surface area contributed by atoms with E-state index in [0.29, 0.717) is 20.8 Å². The first-order chi connectivity index (χ1) is 9.02. The van der Waals surface area contributed by atoms with Crippen molar-refractivity contribution in [3.63, 3.8) is 0 Å². The van der Waals surface area contributed by atoms with Crippen molar-refractivity contribution in [1.82, 2.24) is 0 Å². The Labute approximate surface area is 132 Å². The Morgan fingerprint density at radius 3 is 2.32 bits per heavy atom. The molecule has 19 heavy (non-hydrogen) atoms. The molecule has 0 N–H and O–H groups in total. The van der Waals surface area contributed by atoms with Crippen LogP contribution in [0.4, 0.5) is 0 Å². The van der Waals surface area contributed by atoms with Crippen LogP contribution >= 0.6 is 46.4 Å². The molecule has 0 bridgehead atoms. The van der Waals surface area contributed by atoms with Crippen LogP contribution in [0, 0.1) is 0 Å². The maximum absolute atomic E-state index is 6.43. The van der Waals surface area contributed by atoms with Crippen LogP contribution < -0.4 is 4.74 Å². The van der Waals surface area contributed by atoms with Gasteiger partial charge in [0.1, 0.15) is 5.75 Å². The minimum absolute atomic E-state index is 0.422. The fraction of sp³-hybridized carbons (Fsp3) is 0.143. The van der Waals surface area contributed by atoms with Crippen molar-refractivity contribution < 1.29 is 4.74 Å². The van der Waals surface area contributed by atoms with E-state index in [1.807, 2.05) is 6.07 Å². The average molecular weight is 336 g/mol. The van der Waals surface area contributed by atoms with Gasteiger partial charge in [-0.2, -0.15) is 0 Å². The third-order valence-corrected chi connectivity index (χ3v) is 4.06. The average Bonchev–Trinajstić information content (AvgIpc) is 2.40. The van der Waals surface area contributed by atoms with Gasteiger partial charge in [-0.25, -0.2) is 0 Å². The summed E-state index contributed by atoms with van der Waals surface area (Å²) in [6.07, 6.45) is 0. The summed E-state index contributed by atoms with van der Waals surface area (Å²) in [5, 5.41) is 1.24. The lowest BCUT2D eigenvalue weighted by Crippen LogP contribution is -1.95. The number of methoxy groups -OCH3 is 1. The zero-order valence-corrected chi connectivity index (χ0v) is 13.0. The maximum Gasteiger partial charge on any atom is 0.137 e. The van der Waals surface area contributed by atoms with E-state index in [9.17, 15) is 0 Å². The van der Waals surface area contributed by atoms with Gasteiger partial charge in [-0.05, 0) is 41.5 Å². The second-order valence-corrected chi connectivity index (χ2v) is 5.61. The lowest BCUT2D eigenvalue weighted by molar-refractivity contribution is 0.415. The third kappa shape index (κ3) is 3.29. The van der Waals surface area contributed by atoms with Gasteiger partial charge in [0.25, 0.3) is 0 Å². The minimum Gasteiger partial charge on any atom is -0.495 e. The van der Waals surface area contributed by atoms with Crippen LogP contribution in [0.2, 0.25) is 15.1 Å². The Kier molecular flexibility index (Phi) is 4.86. The molecule has 0 saturated carbocycles. The van der Waals surface area contributed by atoms with Gasteiger partial charge in [-0.3, -0.25) is 0 Å². The first-order valence-electron chi connectivity index (χ1n) is 5.45. The lowest BCUT2D eigenvalue weighted by Gasteiger charge is -2.14. The van der Waals surface area contributed by atoms with Gasteiger partial charge in [0.15, 0.2) is 0 Å². The van der Waals surface area contributed by atoms with Crippen molar-refractivity contribution in [3.05, 3.63) is 62.6 Å². The minimum atomic E-state index is -0.422. The highest BCUT2D eigenvalue weighted by molar-refractivity contribution is 6.35. The van der Waals surface area contributed by atoms with Gasteiger partial charge in [-0.1, -0.05) is 40.9 Å². The highest BCUT2D eigenvalue weighted by Crippen LogP contribution is 2.37. The molecular formula is C14H10Cl4O. The Balaban J connectivity index is 2.41. The maximum atomic E-state index is 6.43. The topological polar surface area (TPSA) is 9.23 Å². The van der Waals surface area contributed by atoms with Gasteiger partial charge in [-0.15, -0.1) is 11.6 Å². The molecule has 5 heteroatoms. The summed E-state index contributed by atoms with van der Waals surface area (Å²) in [4.78, 5) is 0. The predicted molar refractivity (Wildman–Crippen MR) is 82.2 cm³/mol. The summed E-state index contributed by atoms with van der Waals surface area (Å²) in [6, 6.07) is 10.6. The zero-order chi connectivity index (χ0) is 14.0. The Morgan fingerprint density at radius 1 is 0.947 bits per heavy atom. The van der Waals surface area contributed by atoms with E-state index in [-0.39, 0.29) is 0 Å². The monoisotopic (exact) mass is 334 g/mol. The first-order valence-corrected chi connectivity index (χ1v) is 7.02.